The maximum atomic E-state index is 12.6. The highest BCUT2D eigenvalue weighted by molar-refractivity contribution is 7.89. The molecule has 6 nitrogen and oxygen atoms in total. The lowest BCUT2D eigenvalue weighted by molar-refractivity contribution is -0.152. The zero-order valence-electron chi connectivity index (χ0n) is 13.3. The molecule has 0 bridgehead atoms. The average molecular weight is 403 g/mol. The van der Waals surface area contributed by atoms with Crippen LogP contribution in [0, 0.1) is 5.92 Å². The van der Waals surface area contributed by atoms with E-state index in [2.05, 4.69) is 9.71 Å². The van der Waals surface area contributed by atoms with Gasteiger partial charge in [-0.25, -0.2) is 18.1 Å². The van der Waals surface area contributed by atoms with Gasteiger partial charge in [0.2, 0.25) is 10.0 Å². The summed E-state index contributed by atoms with van der Waals surface area (Å²) >= 11 is 11.9. The highest BCUT2D eigenvalue weighted by Gasteiger charge is 2.40. The van der Waals surface area contributed by atoms with E-state index in [1.807, 2.05) is 0 Å². The Morgan fingerprint density at radius 1 is 1.32 bits per heavy atom. The molecule has 1 fully saturated rings. The molecule has 0 saturated heterocycles. The number of sulfonamides is 1. The van der Waals surface area contributed by atoms with Crippen LogP contribution in [0.2, 0.25) is 10.3 Å². The number of esters is 1. The Balaban J connectivity index is 1.85. The second-order valence-corrected chi connectivity index (χ2v) is 8.24. The van der Waals surface area contributed by atoms with Crippen LogP contribution in [0.25, 0.3) is 10.8 Å². The molecular formula is C16H16Cl2N2O4S. The van der Waals surface area contributed by atoms with Crippen LogP contribution >= 0.6 is 23.2 Å². The normalized spacial score (nSPS) is 20.3. The number of hydrogen-bond donors (Lipinski definition) is 1. The molecule has 9 heteroatoms. The fraction of sp³-hybridized carbons (Fsp3) is 0.375. The number of rotatable bonds is 5. The molecule has 25 heavy (non-hydrogen) atoms. The molecule has 1 aromatic carbocycles. The van der Waals surface area contributed by atoms with E-state index in [-0.39, 0.29) is 27.8 Å². The maximum Gasteiger partial charge on any atom is 0.310 e. The van der Waals surface area contributed by atoms with Crippen molar-refractivity contribution in [2.45, 2.75) is 30.7 Å². The van der Waals surface area contributed by atoms with Crippen LogP contribution in [0.5, 0.6) is 0 Å². The molecule has 1 aromatic heterocycles. The van der Waals surface area contributed by atoms with Gasteiger partial charge in [-0.05, 0) is 43.4 Å². The average Bonchev–Trinajstić information content (AvgIpc) is 2.51. The van der Waals surface area contributed by atoms with Gasteiger partial charge in [0, 0.05) is 11.4 Å². The predicted octanol–water partition coefficient (Wildman–Crippen LogP) is 3.16. The van der Waals surface area contributed by atoms with Gasteiger partial charge in [-0.1, -0.05) is 29.3 Å². The third-order valence-corrected chi connectivity index (χ3v) is 6.18. The van der Waals surface area contributed by atoms with E-state index in [4.69, 9.17) is 27.9 Å². The molecule has 2 aromatic rings. The summed E-state index contributed by atoms with van der Waals surface area (Å²) in [4.78, 5) is 15.8. The van der Waals surface area contributed by atoms with Crippen LogP contribution in [0.15, 0.2) is 29.2 Å². The number of fused-ring (bicyclic) bond motifs is 1. The number of ether oxygens (including phenoxy) is 1. The molecule has 0 aliphatic heterocycles. The molecule has 2 atom stereocenters. The molecule has 0 spiro atoms. The highest BCUT2D eigenvalue weighted by Crippen LogP contribution is 2.31. The zero-order chi connectivity index (χ0) is 18.2. The Labute approximate surface area is 155 Å². The number of benzene rings is 1. The van der Waals surface area contributed by atoms with Crippen LogP contribution in [-0.2, 0) is 19.6 Å². The first-order chi connectivity index (χ1) is 11.8. The number of aromatic nitrogens is 1. The van der Waals surface area contributed by atoms with Crippen LogP contribution in [-0.4, -0.2) is 32.0 Å². The van der Waals surface area contributed by atoms with Gasteiger partial charge >= 0.3 is 5.97 Å². The van der Waals surface area contributed by atoms with Gasteiger partial charge in [0.15, 0.2) is 0 Å². The van der Waals surface area contributed by atoms with Crippen LogP contribution in [0.4, 0.5) is 0 Å². The Bertz CT molecular complexity index is 933. The predicted molar refractivity (Wildman–Crippen MR) is 95.2 cm³/mol. The summed E-state index contributed by atoms with van der Waals surface area (Å²) in [5.74, 6) is -0.818. The topological polar surface area (TPSA) is 85.4 Å². The van der Waals surface area contributed by atoms with E-state index < -0.39 is 22.0 Å². The Morgan fingerprint density at radius 3 is 2.72 bits per heavy atom. The summed E-state index contributed by atoms with van der Waals surface area (Å²) in [6.07, 6.45) is 1.20. The molecule has 134 valence electrons. The summed E-state index contributed by atoms with van der Waals surface area (Å²) < 4.78 is 32.8. The number of nitrogens with zero attached hydrogens (tertiary/aromatic N) is 1. The smallest absolute Gasteiger partial charge is 0.310 e. The van der Waals surface area contributed by atoms with E-state index >= 15 is 0 Å². The van der Waals surface area contributed by atoms with Crippen LogP contribution < -0.4 is 4.72 Å². The van der Waals surface area contributed by atoms with E-state index in [9.17, 15) is 13.2 Å². The molecular weight excluding hydrogens is 387 g/mol. The van der Waals surface area contributed by atoms with Gasteiger partial charge in [0.1, 0.15) is 10.3 Å². The first-order valence-electron chi connectivity index (χ1n) is 7.76. The first kappa shape index (κ1) is 18.4. The zero-order valence-corrected chi connectivity index (χ0v) is 15.7. The summed E-state index contributed by atoms with van der Waals surface area (Å²) in [6, 6.07) is 5.68. The van der Waals surface area contributed by atoms with Crippen molar-refractivity contribution in [3.8, 4) is 0 Å². The fourth-order valence-electron chi connectivity index (χ4n) is 2.76. The minimum atomic E-state index is -3.80. The third-order valence-electron chi connectivity index (χ3n) is 4.21. The van der Waals surface area contributed by atoms with Gasteiger partial charge in [-0.2, -0.15) is 0 Å². The van der Waals surface area contributed by atoms with Crippen molar-refractivity contribution in [1.29, 1.82) is 0 Å². The molecule has 1 saturated carbocycles. The number of carbonyl (C=O) groups is 1. The lowest BCUT2D eigenvalue weighted by Crippen LogP contribution is -2.50. The van der Waals surface area contributed by atoms with Crippen LogP contribution in [0.3, 0.4) is 0 Å². The number of halogens is 2. The number of hydrogen-bond acceptors (Lipinski definition) is 5. The summed E-state index contributed by atoms with van der Waals surface area (Å²) in [5, 5.41) is 1.55. The molecule has 0 radical (unpaired) electrons. The Morgan fingerprint density at radius 2 is 2.08 bits per heavy atom. The standard InChI is InChI=1S/C16H16Cl2N2O4S/c1-2-24-16(21)11-5-6-13(11)20-25(22,23)10-4-3-9-7-14(17)19-15(18)12(9)8-10/h3-4,7-8,11,13,20H,2,5-6H2,1H3. The second kappa shape index (κ2) is 7.07. The van der Waals surface area contributed by atoms with Crippen molar-refractivity contribution in [2.75, 3.05) is 6.61 Å². The van der Waals surface area contributed by atoms with E-state index in [1.165, 1.54) is 12.1 Å². The van der Waals surface area contributed by atoms with Crippen molar-refractivity contribution in [3.05, 3.63) is 34.6 Å². The molecule has 1 heterocycles. The van der Waals surface area contributed by atoms with Crippen molar-refractivity contribution >= 4 is 50.0 Å². The largest absolute Gasteiger partial charge is 0.466 e. The Hall–Kier alpha value is -1.41. The van der Waals surface area contributed by atoms with Gasteiger partial charge in [0.05, 0.1) is 17.4 Å². The SMILES string of the molecule is CCOC(=O)C1CCC1NS(=O)(=O)c1ccc2cc(Cl)nc(Cl)c2c1. The lowest BCUT2D eigenvalue weighted by Gasteiger charge is -2.34. The van der Waals surface area contributed by atoms with Gasteiger partial charge in [-0.15, -0.1) is 0 Å². The number of nitrogens with one attached hydrogen (secondary N) is 1. The third kappa shape index (κ3) is 3.74. The van der Waals surface area contributed by atoms with Gasteiger partial charge < -0.3 is 4.74 Å². The van der Waals surface area contributed by atoms with Crippen molar-refractivity contribution in [3.63, 3.8) is 0 Å². The quantitative estimate of drug-likeness (QED) is 0.612. The highest BCUT2D eigenvalue weighted by atomic mass is 35.5. The maximum absolute atomic E-state index is 12.6. The fourth-order valence-corrected chi connectivity index (χ4v) is 4.60. The first-order valence-corrected chi connectivity index (χ1v) is 10.0. The molecule has 2 unspecified atom stereocenters. The molecule has 1 aliphatic carbocycles. The molecule has 1 N–H and O–H groups in total. The molecule has 0 amide bonds. The minimum Gasteiger partial charge on any atom is -0.466 e. The van der Waals surface area contributed by atoms with Gasteiger partial charge in [-0.3, -0.25) is 4.79 Å². The molecule has 3 rings (SSSR count). The lowest BCUT2D eigenvalue weighted by atomic mass is 9.80. The number of pyridine rings is 1. The van der Waals surface area contributed by atoms with E-state index in [0.717, 1.165) is 0 Å². The number of carbonyl (C=O) groups excluding carboxylic acids is 1. The van der Waals surface area contributed by atoms with Crippen LogP contribution in [0.1, 0.15) is 19.8 Å². The van der Waals surface area contributed by atoms with E-state index in [1.54, 1.807) is 19.1 Å². The second-order valence-electron chi connectivity index (χ2n) is 5.78. The molecule has 1 aliphatic rings. The minimum absolute atomic E-state index is 0.0560. The van der Waals surface area contributed by atoms with Crippen molar-refractivity contribution < 1.29 is 17.9 Å². The summed E-state index contributed by atoms with van der Waals surface area (Å²) in [7, 11) is -3.80. The van der Waals surface area contributed by atoms with E-state index in [0.29, 0.717) is 23.6 Å². The van der Waals surface area contributed by atoms with Crippen molar-refractivity contribution in [1.82, 2.24) is 9.71 Å². The monoisotopic (exact) mass is 402 g/mol. The summed E-state index contributed by atoms with van der Waals surface area (Å²) in [6.45, 7) is 1.99. The Kier molecular flexibility index (Phi) is 5.20. The van der Waals surface area contributed by atoms with Gasteiger partial charge in [0.25, 0.3) is 0 Å². The van der Waals surface area contributed by atoms with Crippen molar-refractivity contribution in [2.24, 2.45) is 5.92 Å². The summed E-state index contributed by atoms with van der Waals surface area (Å²) in [5.41, 5.74) is 0.